The van der Waals surface area contributed by atoms with Gasteiger partial charge in [0.1, 0.15) is 0 Å². The van der Waals surface area contributed by atoms with E-state index < -0.39 is 14.4 Å². The summed E-state index contributed by atoms with van der Waals surface area (Å²) < 4.78 is 27.4. The lowest BCUT2D eigenvalue weighted by molar-refractivity contribution is 0.597. The highest BCUT2D eigenvalue weighted by Crippen LogP contribution is 2.36. The van der Waals surface area contributed by atoms with Crippen molar-refractivity contribution in [2.24, 2.45) is 5.10 Å². The molecule has 132 valence electrons. The van der Waals surface area contributed by atoms with Crippen LogP contribution in [0.25, 0.3) is 0 Å². The fourth-order valence-corrected chi connectivity index (χ4v) is 5.92. The van der Waals surface area contributed by atoms with Crippen LogP contribution >= 0.6 is 11.8 Å². The minimum absolute atomic E-state index is 0.268. The van der Waals surface area contributed by atoms with Crippen molar-refractivity contribution in [1.29, 1.82) is 0 Å². The van der Waals surface area contributed by atoms with E-state index in [1.54, 1.807) is 35.0 Å². The van der Waals surface area contributed by atoms with Gasteiger partial charge in [-0.2, -0.15) is 9.78 Å². The zero-order valence-corrected chi connectivity index (χ0v) is 15.6. The lowest BCUT2D eigenvalue weighted by atomic mass is 10.1. The zero-order valence-electron chi connectivity index (χ0n) is 14.0. The Labute approximate surface area is 155 Å². The predicted octanol–water partition coefficient (Wildman–Crippen LogP) is 3.00. The van der Waals surface area contributed by atoms with Crippen LogP contribution < -0.4 is 0 Å². The summed E-state index contributed by atoms with van der Waals surface area (Å²) in [6, 6.07) is 17.8. The molecule has 3 aromatic rings. The normalized spacial score (nSPS) is 16.8. The molecule has 1 atom stereocenters. The lowest BCUT2D eigenvalue weighted by Gasteiger charge is -2.23. The smallest absolute Gasteiger partial charge is 0.213 e. The molecule has 0 saturated heterocycles. The monoisotopic (exact) mass is 384 g/mol. The average molecular weight is 384 g/mol. The number of hydrogen-bond donors (Lipinski definition) is 0. The van der Waals surface area contributed by atoms with Crippen LogP contribution in [0.2, 0.25) is 0 Å². The largest absolute Gasteiger partial charge is 0.222 e. The van der Waals surface area contributed by atoms with Crippen molar-refractivity contribution in [2.45, 2.75) is 28.0 Å². The molecule has 6 nitrogen and oxygen atoms in total. The van der Waals surface area contributed by atoms with Gasteiger partial charge in [0, 0.05) is 12.0 Å². The third kappa shape index (κ3) is 2.85. The first-order chi connectivity index (χ1) is 12.6. The molecule has 0 amide bonds. The van der Waals surface area contributed by atoms with E-state index in [9.17, 15) is 8.42 Å². The first-order valence-electron chi connectivity index (χ1n) is 8.15. The van der Waals surface area contributed by atoms with Crippen LogP contribution in [-0.4, -0.2) is 33.6 Å². The molecule has 2 heterocycles. The number of aromatic nitrogens is 3. The van der Waals surface area contributed by atoms with Crippen LogP contribution in [0.4, 0.5) is 0 Å². The standard InChI is InChI=1S/C18H16N4O2S2/c1-2-15-19-20-18-22(15)21-16(13-9-5-3-6-10-13)17(25-18)26(23,24)14-11-7-4-8-12-14/h3-12,17H,2H2,1H3. The highest BCUT2D eigenvalue weighted by molar-refractivity contribution is 8.14. The van der Waals surface area contributed by atoms with Gasteiger partial charge in [0.25, 0.3) is 0 Å². The van der Waals surface area contributed by atoms with Gasteiger partial charge in [0.05, 0.1) is 10.6 Å². The van der Waals surface area contributed by atoms with Crippen molar-refractivity contribution >= 4 is 27.3 Å². The molecule has 8 heteroatoms. The third-order valence-corrected chi connectivity index (χ3v) is 7.73. The zero-order chi connectivity index (χ0) is 18.1. The van der Waals surface area contributed by atoms with Crippen LogP contribution in [0, 0.1) is 0 Å². The maximum atomic E-state index is 13.3. The molecule has 1 aliphatic heterocycles. The van der Waals surface area contributed by atoms with Crippen molar-refractivity contribution < 1.29 is 8.42 Å². The molecule has 0 bridgehead atoms. The van der Waals surface area contributed by atoms with Crippen molar-refractivity contribution in [3.8, 4) is 0 Å². The topological polar surface area (TPSA) is 77.2 Å². The van der Waals surface area contributed by atoms with E-state index in [0.29, 0.717) is 23.1 Å². The van der Waals surface area contributed by atoms with Gasteiger partial charge in [-0.05, 0) is 12.1 Å². The Bertz CT molecular complexity index is 1060. The van der Waals surface area contributed by atoms with Crippen LogP contribution in [0.3, 0.4) is 0 Å². The molecule has 26 heavy (non-hydrogen) atoms. The summed E-state index contributed by atoms with van der Waals surface area (Å²) in [7, 11) is -3.65. The highest BCUT2D eigenvalue weighted by Gasteiger charge is 2.38. The molecule has 0 N–H and O–H groups in total. The number of fused-ring (bicyclic) bond motifs is 1. The van der Waals surface area contributed by atoms with Gasteiger partial charge in [0.2, 0.25) is 5.16 Å². The first-order valence-corrected chi connectivity index (χ1v) is 10.6. The van der Waals surface area contributed by atoms with E-state index in [2.05, 4.69) is 15.3 Å². The van der Waals surface area contributed by atoms with E-state index in [-0.39, 0.29) is 4.90 Å². The second-order valence-electron chi connectivity index (χ2n) is 5.72. The second kappa shape index (κ2) is 6.69. The van der Waals surface area contributed by atoms with Crippen LogP contribution in [0.15, 0.2) is 75.8 Å². The van der Waals surface area contributed by atoms with E-state index in [1.807, 2.05) is 37.3 Å². The molecule has 0 radical (unpaired) electrons. The number of sulfone groups is 1. The summed E-state index contributed by atoms with van der Waals surface area (Å²) in [6.07, 6.45) is 0.662. The molecule has 1 aliphatic rings. The molecular weight excluding hydrogens is 368 g/mol. The fourth-order valence-electron chi connectivity index (χ4n) is 2.74. The van der Waals surface area contributed by atoms with E-state index in [1.165, 1.54) is 11.8 Å². The van der Waals surface area contributed by atoms with Gasteiger partial charge < -0.3 is 0 Å². The molecule has 2 aromatic carbocycles. The van der Waals surface area contributed by atoms with Crippen molar-refractivity contribution in [3.05, 3.63) is 72.1 Å². The number of thioether (sulfide) groups is 1. The summed E-state index contributed by atoms with van der Waals surface area (Å²) in [5.41, 5.74) is 1.26. The first kappa shape index (κ1) is 17.0. The Hall–Kier alpha value is -2.45. The fraction of sp³-hybridized carbons (Fsp3) is 0.167. The predicted molar refractivity (Wildman–Crippen MR) is 101 cm³/mol. The molecule has 0 spiro atoms. The van der Waals surface area contributed by atoms with Crippen molar-refractivity contribution in [2.75, 3.05) is 0 Å². The Morgan fingerprint density at radius 3 is 2.31 bits per heavy atom. The SMILES string of the molecule is CCc1nnc2n1N=C(c1ccccc1)C(S(=O)(=O)c1ccccc1)S2. The van der Waals surface area contributed by atoms with E-state index in [0.717, 1.165) is 5.56 Å². The summed E-state index contributed by atoms with van der Waals surface area (Å²) in [5, 5.41) is 13.4. The van der Waals surface area contributed by atoms with Gasteiger partial charge in [0.15, 0.2) is 20.2 Å². The van der Waals surface area contributed by atoms with Gasteiger partial charge in [-0.25, -0.2) is 8.42 Å². The molecule has 0 aliphatic carbocycles. The van der Waals surface area contributed by atoms with Gasteiger partial charge >= 0.3 is 0 Å². The molecule has 1 unspecified atom stereocenters. The average Bonchev–Trinajstić information content (AvgIpc) is 3.10. The van der Waals surface area contributed by atoms with Gasteiger partial charge in [-0.15, -0.1) is 10.2 Å². The summed E-state index contributed by atoms with van der Waals surface area (Å²) in [5.74, 6) is 0.705. The molecule has 1 aromatic heterocycles. The van der Waals surface area contributed by atoms with Crippen molar-refractivity contribution in [1.82, 2.24) is 14.9 Å². The number of nitrogens with zero attached hydrogens (tertiary/aromatic N) is 4. The lowest BCUT2D eigenvalue weighted by Crippen LogP contribution is -2.32. The molecule has 4 rings (SSSR count). The quantitative estimate of drug-likeness (QED) is 0.691. The van der Waals surface area contributed by atoms with Crippen LogP contribution in [0.5, 0.6) is 0 Å². The number of hydrogen-bond acceptors (Lipinski definition) is 6. The maximum Gasteiger partial charge on any atom is 0.213 e. The molecule has 0 fully saturated rings. The highest BCUT2D eigenvalue weighted by atomic mass is 32.3. The third-order valence-electron chi connectivity index (χ3n) is 4.06. The Morgan fingerprint density at radius 1 is 1.00 bits per heavy atom. The van der Waals surface area contributed by atoms with E-state index >= 15 is 0 Å². The summed E-state index contributed by atoms with van der Waals surface area (Å²) in [4.78, 5) is 0.268. The second-order valence-corrected chi connectivity index (χ2v) is 9.13. The van der Waals surface area contributed by atoms with Crippen LogP contribution in [-0.2, 0) is 16.3 Å². The number of benzene rings is 2. The molecule has 0 saturated carbocycles. The van der Waals surface area contributed by atoms with Gasteiger partial charge in [-0.3, -0.25) is 0 Å². The number of rotatable bonds is 4. The van der Waals surface area contributed by atoms with Crippen LogP contribution in [0.1, 0.15) is 18.3 Å². The minimum Gasteiger partial charge on any atom is -0.222 e. The van der Waals surface area contributed by atoms with Crippen molar-refractivity contribution in [3.63, 3.8) is 0 Å². The summed E-state index contributed by atoms with van der Waals surface area (Å²) >= 11 is 1.17. The Kier molecular flexibility index (Phi) is 4.37. The minimum atomic E-state index is -3.65. The summed E-state index contributed by atoms with van der Waals surface area (Å²) in [6.45, 7) is 1.96. The Balaban J connectivity index is 1.89. The Morgan fingerprint density at radius 2 is 1.65 bits per heavy atom. The van der Waals surface area contributed by atoms with E-state index in [4.69, 9.17) is 0 Å². The van der Waals surface area contributed by atoms with Gasteiger partial charge in [-0.1, -0.05) is 67.2 Å². The maximum absolute atomic E-state index is 13.3. The number of aryl methyl sites for hydroxylation is 1. The molecular formula is C18H16N4O2S2.